The van der Waals surface area contributed by atoms with Crippen molar-refractivity contribution in [1.29, 1.82) is 0 Å². The van der Waals surface area contributed by atoms with Crippen molar-refractivity contribution < 1.29 is 33.8 Å². The molecule has 0 radical (unpaired) electrons. The number of phosphoric acid groups is 1. The van der Waals surface area contributed by atoms with Crippen molar-refractivity contribution in [2.45, 2.75) is 24.5 Å². The van der Waals surface area contributed by atoms with Crippen LogP contribution in [0.5, 0.6) is 0 Å². The molecule has 4 atom stereocenters. The second-order valence-electron chi connectivity index (χ2n) is 5.83. The number of phosphoric ester groups is 1. The minimum atomic E-state index is -4.97. The first-order valence-corrected chi connectivity index (χ1v) is 8.90. The number of nitrogens with zero attached hydrogens (tertiary/aromatic N) is 4. The lowest BCUT2D eigenvalue weighted by Crippen LogP contribution is -2.38. The molecule has 0 aromatic carbocycles. The second-order valence-corrected chi connectivity index (χ2v) is 7.02. The van der Waals surface area contributed by atoms with E-state index in [0.29, 0.717) is 0 Å². The zero-order valence-corrected chi connectivity index (χ0v) is 14.6. The Morgan fingerprint density at radius 1 is 1.31 bits per heavy atom. The molecular formula is C12H17N4O9P. The van der Waals surface area contributed by atoms with Gasteiger partial charge >= 0.3 is 13.5 Å². The Hall–Kier alpha value is -1.86. The highest BCUT2D eigenvalue weighted by atomic mass is 31.2. The van der Waals surface area contributed by atoms with Gasteiger partial charge in [0.1, 0.15) is 18.3 Å². The van der Waals surface area contributed by atoms with Gasteiger partial charge in [-0.3, -0.25) is 23.0 Å². The van der Waals surface area contributed by atoms with Gasteiger partial charge in [0.05, 0.1) is 12.9 Å². The number of aromatic nitrogens is 4. The first-order chi connectivity index (χ1) is 12.1. The van der Waals surface area contributed by atoms with Crippen LogP contribution in [0.25, 0.3) is 11.2 Å². The van der Waals surface area contributed by atoms with Crippen LogP contribution in [-0.4, -0.2) is 63.6 Å². The highest BCUT2D eigenvalue weighted by molar-refractivity contribution is 7.46. The molecule has 4 N–H and O–H groups in total. The maximum absolute atomic E-state index is 12.2. The lowest BCUT2D eigenvalue weighted by atomic mass is 10.1. The minimum Gasteiger partial charge on any atom is -0.394 e. The lowest BCUT2D eigenvalue weighted by molar-refractivity contribution is -0.0511. The summed E-state index contributed by atoms with van der Waals surface area (Å²) in [5, 5.41) is 19.8. The third-order valence-corrected chi connectivity index (χ3v) is 4.71. The zero-order valence-electron chi connectivity index (χ0n) is 13.7. The maximum Gasteiger partial charge on any atom is 0.470 e. The Bertz CT molecular complexity index is 1000. The maximum atomic E-state index is 12.2. The molecule has 26 heavy (non-hydrogen) atoms. The molecule has 0 bridgehead atoms. The van der Waals surface area contributed by atoms with Gasteiger partial charge in [-0.2, -0.15) is 0 Å². The van der Waals surface area contributed by atoms with Crippen molar-refractivity contribution >= 4 is 19.0 Å². The smallest absolute Gasteiger partial charge is 0.394 e. The summed E-state index contributed by atoms with van der Waals surface area (Å²) in [6, 6.07) is 0. The van der Waals surface area contributed by atoms with E-state index in [1.165, 1.54) is 18.7 Å². The van der Waals surface area contributed by atoms with Gasteiger partial charge in [-0.25, -0.2) is 14.3 Å². The van der Waals surface area contributed by atoms with Crippen molar-refractivity contribution in [2.24, 2.45) is 14.1 Å². The summed E-state index contributed by atoms with van der Waals surface area (Å²) in [6.07, 6.45) is -4.55. The van der Waals surface area contributed by atoms with Crippen LogP contribution in [0.4, 0.5) is 0 Å². The molecule has 13 nitrogen and oxygen atoms in total. The Kier molecular flexibility index (Phi) is 4.65. The molecule has 1 aliphatic rings. The van der Waals surface area contributed by atoms with Crippen molar-refractivity contribution in [3.63, 3.8) is 0 Å². The van der Waals surface area contributed by atoms with E-state index in [4.69, 9.17) is 14.5 Å². The van der Waals surface area contributed by atoms with E-state index in [-0.39, 0.29) is 11.2 Å². The molecule has 0 spiro atoms. The van der Waals surface area contributed by atoms with Crippen molar-refractivity contribution in [1.82, 2.24) is 18.7 Å². The molecule has 144 valence electrons. The average molecular weight is 392 g/mol. The number of aryl methyl sites for hydroxylation is 1. The number of rotatable bonds is 4. The normalized spacial score (nSPS) is 26.7. The predicted octanol–water partition coefficient (Wildman–Crippen LogP) is -2.84. The van der Waals surface area contributed by atoms with Crippen LogP contribution in [-0.2, 0) is 27.9 Å². The summed E-state index contributed by atoms with van der Waals surface area (Å²) in [5.74, 6) is 0. The quantitative estimate of drug-likeness (QED) is 0.396. The lowest BCUT2D eigenvalue weighted by Gasteiger charge is -2.20. The van der Waals surface area contributed by atoms with E-state index in [2.05, 4.69) is 9.51 Å². The largest absolute Gasteiger partial charge is 0.470 e. The van der Waals surface area contributed by atoms with E-state index in [9.17, 15) is 24.4 Å². The van der Waals surface area contributed by atoms with Crippen molar-refractivity contribution in [2.75, 3.05) is 6.61 Å². The molecule has 1 aliphatic heterocycles. The Morgan fingerprint density at radius 2 is 1.96 bits per heavy atom. The molecule has 0 saturated carbocycles. The van der Waals surface area contributed by atoms with Crippen molar-refractivity contribution in [3.05, 3.63) is 27.2 Å². The molecule has 2 aromatic rings. The summed E-state index contributed by atoms with van der Waals surface area (Å²) in [6.45, 7) is -0.689. The molecule has 1 fully saturated rings. The van der Waals surface area contributed by atoms with Crippen LogP contribution in [0.2, 0.25) is 0 Å². The summed E-state index contributed by atoms with van der Waals surface area (Å²) >= 11 is 0. The number of aliphatic hydroxyl groups is 2. The summed E-state index contributed by atoms with van der Waals surface area (Å²) < 4.78 is 24.2. The van der Waals surface area contributed by atoms with Gasteiger partial charge in [0, 0.05) is 14.1 Å². The molecule has 0 aliphatic carbocycles. The highest BCUT2D eigenvalue weighted by Gasteiger charge is 2.48. The molecule has 3 rings (SSSR count). The fraction of sp³-hybridized carbons (Fsp3) is 0.583. The van der Waals surface area contributed by atoms with Gasteiger partial charge in [0.25, 0.3) is 5.56 Å². The van der Waals surface area contributed by atoms with E-state index in [1.807, 2.05) is 0 Å². The van der Waals surface area contributed by atoms with Gasteiger partial charge in [-0.1, -0.05) is 0 Å². The van der Waals surface area contributed by atoms with Crippen LogP contribution in [0.3, 0.4) is 0 Å². The first kappa shape index (κ1) is 18.9. The van der Waals surface area contributed by atoms with Crippen LogP contribution in [0.1, 0.15) is 6.23 Å². The van der Waals surface area contributed by atoms with Crippen LogP contribution in [0, 0.1) is 0 Å². The second kappa shape index (κ2) is 6.39. The summed E-state index contributed by atoms with van der Waals surface area (Å²) in [7, 11) is -2.30. The molecule has 3 heterocycles. The third kappa shape index (κ3) is 2.93. The Labute approximate surface area is 144 Å². The predicted molar refractivity (Wildman–Crippen MR) is 84.1 cm³/mol. The molecular weight excluding hydrogens is 375 g/mol. The monoisotopic (exact) mass is 392 g/mol. The topological polar surface area (TPSA) is 178 Å². The van der Waals surface area contributed by atoms with Gasteiger partial charge in [0.2, 0.25) is 0 Å². The molecule has 1 saturated heterocycles. The van der Waals surface area contributed by atoms with E-state index in [0.717, 1.165) is 15.5 Å². The fourth-order valence-electron chi connectivity index (χ4n) is 2.97. The summed E-state index contributed by atoms with van der Waals surface area (Å²) in [4.78, 5) is 46.2. The molecule has 0 amide bonds. The standard InChI is InChI=1S/C12H17N4O9P/c1-14-9-6(10(19)15(2)12(14)20)13-4-16(9)11-7(18)8(5(3-17)24-11)25-26(21,22)23/h4-5,7-8,11,17-18H,3H2,1-2H3,(H2,21,22,23)/t5-,7-,8-,11-/m1/s1. The third-order valence-electron chi connectivity index (χ3n) is 4.19. The Balaban J connectivity index is 2.12. The number of ether oxygens (including phenoxy) is 1. The highest BCUT2D eigenvalue weighted by Crippen LogP contribution is 2.44. The number of hydrogen-bond donors (Lipinski definition) is 4. The van der Waals surface area contributed by atoms with E-state index in [1.54, 1.807) is 0 Å². The number of fused-ring (bicyclic) bond motifs is 1. The van der Waals surface area contributed by atoms with E-state index < -0.39 is 50.2 Å². The van der Waals surface area contributed by atoms with Crippen LogP contribution >= 0.6 is 7.82 Å². The van der Waals surface area contributed by atoms with Crippen molar-refractivity contribution in [3.8, 4) is 0 Å². The van der Waals surface area contributed by atoms with Gasteiger partial charge in [-0.15, -0.1) is 0 Å². The van der Waals surface area contributed by atoms with Gasteiger partial charge < -0.3 is 24.7 Å². The molecule has 2 aromatic heterocycles. The zero-order chi connectivity index (χ0) is 19.4. The number of aliphatic hydroxyl groups excluding tert-OH is 2. The summed E-state index contributed by atoms with van der Waals surface area (Å²) in [5.41, 5.74) is -1.32. The number of hydrogen-bond acceptors (Lipinski definition) is 8. The molecule has 14 heteroatoms. The van der Waals surface area contributed by atoms with Gasteiger partial charge in [-0.05, 0) is 0 Å². The first-order valence-electron chi connectivity index (χ1n) is 7.37. The van der Waals surface area contributed by atoms with E-state index >= 15 is 0 Å². The average Bonchev–Trinajstić information content (AvgIpc) is 3.12. The minimum absolute atomic E-state index is 0.0377. The fourth-order valence-corrected chi connectivity index (χ4v) is 3.55. The number of imidazole rings is 1. The van der Waals surface area contributed by atoms with Crippen LogP contribution < -0.4 is 11.2 Å². The van der Waals surface area contributed by atoms with Crippen LogP contribution in [0.15, 0.2) is 15.9 Å². The molecule has 0 unspecified atom stereocenters. The van der Waals surface area contributed by atoms with Gasteiger partial charge in [0.15, 0.2) is 17.4 Å². The Morgan fingerprint density at radius 3 is 2.54 bits per heavy atom. The SMILES string of the molecule is Cn1c(=O)c2ncn([C@@H]3O[C@H](CO)[C@@H](OP(=O)(O)O)[C@H]3O)c2n(C)c1=O.